The fraction of sp³-hybridized carbons (Fsp3) is 0.500. The van der Waals surface area contributed by atoms with E-state index in [1.165, 1.54) is 0 Å². The highest BCUT2D eigenvalue weighted by Crippen LogP contribution is 2.11. The van der Waals surface area contributed by atoms with Crippen LogP contribution in [0.3, 0.4) is 0 Å². The molecule has 50 valence electrons. The van der Waals surface area contributed by atoms with E-state index in [4.69, 9.17) is 4.74 Å². The van der Waals surface area contributed by atoms with Crippen LogP contribution in [0.15, 0.2) is 11.5 Å². The lowest BCUT2D eigenvalue weighted by atomic mass is 10.2. The number of carbonyl (C=O) groups excluding carboxylic acids is 1. The number of ether oxygens (including phenoxy) is 1. The van der Waals surface area contributed by atoms with Gasteiger partial charge in [0.1, 0.15) is 0 Å². The van der Waals surface area contributed by atoms with Crippen molar-refractivity contribution in [3.05, 3.63) is 11.5 Å². The van der Waals surface area contributed by atoms with Gasteiger partial charge in [0.2, 0.25) is 5.78 Å². The first kappa shape index (κ1) is 6.13. The standard InChI is InChI=1S/C6H9NO2/c1-4-5(8)3-9-6(4)7-2/h7H,3H2,1-2H3. The molecule has 3 heteroatoms. The van der Waals surface area contributed by atoms with Crippen molar-refractivity contribution in [3.8, 4) is 0 Å². The number of hydrogen-bond acceptors (Lipinski definition) is 3. The van der Waals surface area contributed by atoms with Crippen molar-refractivity contribution in [3.63, 3.8) is 0 Å². The van der Waals surface area contributed by atoms with Gasteiger partial charge in [-0.3, -0.25) is 4.79 Å². The van der Waals surface area contributed by atoms with Crippen LogP contribution >= 0.6 is 0 Å². The molecule has 0 fully saturated rings. The molecule has 1 rings (SSSR count). The summed E-state index contributed by atoms with van der Waals surface area (Å²) < 4.78 is 4.95. The van der Waals surface area contributed by atoms with Crippen molar-refractivity contribution in [2.24, 2.45) is 0 Å². The molecule has 0 aromatic heterocycles. The van der Waals surface area contributed by atoms with Crippen LogP contribution in [0.25, 0.3) is 0 Å². The highest BCUT2D eigenvalue weighted by atomic mass is 16.5. The molecule has 0 aromatic rings. The molecule has 0 unspecified atom stereocenters. The smallest absolute Gasteiger partial charge is 0.201 e. The summed E-state index contributed by atoms with van der Waals surface area (Å²) in [6, 6.07) is 0. The van der Waals surface area contributed by atoms with Crippen molar-refractivity contribution in [2.45, 2.75) is 6.92 Å². The normalized spacial score (nSPS) is 18.2. The molecule has 0 radical (unpaired) electrons. The van der Waals surface area contributed by atoms with Crippen LogP contribution in [-0.4, -0.2) is 19.4 Å². The van der Waals surface area contributed by atoms with Gasteiger partial charge in [-0.2, -0.15) is 0 Å². The van der Waals surface area contributed by atoms with Crippen molar-refractivity contribution >= 4 is 5.78 Å². The van der Waals surface area contributed by atoms with Crippen LogP contribution in [0.1, 0.15) is 6.92 Å². The van der Waals surface area contributed by atoms with Crippen LogP contribution in [0, 0.1) is 0 Å². The molecule has 1 aliphatic rings. The molecule has 1 aliphatic heterocycles. The lowest BCUT2D eigenvalue weighted by Crippen LogP contribution is -2.06. The zero-order valence-corrected chi connectivity index (χ0v) is 5.52. The minimum Gasteiger partial charge on any atom is -0.471 e. The molecule has 0 aliphatic carbocycles. The fourth-order valence-electron chi connectivity index (χ4n) is 0.741. The Labute approximate surface area is 53.7 Å². The molecule has 1 N–H and O–H groups in total. The molecule has 0 atom stereocenters. The maximum absolute atomic E-state index is 10.7. The predicted octanol–water partition coefficient (Wildman–Crippen LogP) is 0.0366. The van der Waals surface area contributed by atoms with Crippen molar-refractivity contribution in [2.75, 3.05) is 13.7 Å². The molecule has 0 saturated carbocycles. The van der Waals surface area contributed by atoms with E-state index in [2.05, 4.69) is 5.32 Å². The SMILES string of the molecule is CNC1=C(C)C(=O)CO1. The van der Waals surface area contributed by atoms with E-state index in [1.54, 1.807) is 14.0 Å². The second-order valence-electron chi connectivity index (χ2n) is 1.92. The number of rotatable bonds is 1. The first-order chi connectivity index (χ1) is 4.25. The summed E-state index contributed by atoms with van der Waals surface area (Å²) in [5.41, 5.74) is 0.692. The second kappa shape index (κ2) is 2.09. The summed E-state index contributed by atoms with van der Waals surface area (Å²) in [4.78, 5) is 10.7. The van der Waals surface area contributed by atoms with Gasteiger partial charge in [-0.25, -0.2) is 0 Å². The maximum atomic E-state index is 10.7. The molecule has 1 heterocycles. The molecular weight excluding hydrogens is 118 g/mol. The Morgan fingerprint density at radius 2 is 2.33 bits per heavy atom. The quantitative estimate of drug-likeness (QED) is 0.540. The largest absolute Gasteiger partial charge is 0.471 e. The van der Waals surface area contributed by atoms with Crippen LogP contribution in [0.5, 0.6) is 0 Å². The van der Waals surface area contributed by atoms with Crippen LogP contribution in [-0.2, 0) is 9.53 Å². The Morgan fingerprint density at radius 3 is 2.56 bits per heavy atom. The third-order valence-electron chi connectivity index (χ3n) is 1.33. The zero-order chi connectivity index (χ0) is 6.85. The molecule has 0 bridgehead atoms. The van der Waals surface area contributed by atoms with Gasteiger partial charge in [0.15, 0.2) is 12.5 Å². The number of carbonyl (C=O) groups is 1. The molecule has 0 aromatic carbocycles. The first-order valence-corrected chi connectivity index (χ1v) is 2.80. The average molecular weight is 127 g/mol. The van der Waals surface area contributed by atoms with E-state index >= 15 is 0 Å². The molecule has 9 heavy (non-hydrogen) atoms. The second-order valence-corrected chi connectivity index (χ2v) is 1.92. The van der Waals surface area contributed by atoms with Crippen molar-refractivity contribution in [1.82, 2.24) is 5.32 Å². The Hall–Kier alpha value is -0.990. The third kappa shape index (κ3) is 0.896. The highest BCUT2D eigenvalue weighted by Gasteiger charge is 2.18. The van der Waals surface area contributed by atoms with Gasteiger partial charge in [0.25, 0.3) is 0 Å². The maximum Gasteiger partial charge on any atom is 0.201 e. The number of Topliss-reactive ketones (excluding diaryl/α,β-unsaturated/α-hetero) is 1. The Balaban J connectivity index is 2.79. The van der Waals surface area contributed by atoms with E-state index in [0.717, 1.165) is 0 Å². The van der Waals surface area contributed by atoms with Crippen LogP contribution < -0.4 is 5.32 Å². The highest BCUT2D eigenvalue weighted by molar-refractivity contribution is 5.97. The van der Waals surface area contributed by atoms with Gasteiger partial charge in [0.05, 0.1) is 5.57 Å². The summed E-state index contributed by atoms with van der Waals surface area (Å²) in [5, 5.41) is 2.78. The monoisotopic (exact) mass is 127 g/mol. The van der Waals surface area contributed by atoms with Gasteiger partial charge in [-0.15, -0.1) is 0 Å². The lowest BCUT2D eigenvalue weighted by Gasteiger charge is -1.98. The minimum atomic E-state index is 0.0688. The molecule has 0 amide bonds. The fourth-order valence-corrected chi connectivity index (χ4v) is 0.741. The van der Waals surface area contributed by atoms with Gasteiger partial charge in [-0.05, 0) is 6.92 Å². The van der Waals surface area contributed by atoms with E-state index in [9.17, 15) is 4.79 Å². The van der Waals surface area contributed by atoms with E-state index in [0.29, 0.717) is 11.5 Å². The van der Waals surface area contributed by atoms with E-state index in [-0.39, 0.29) is 12.4 Å². The Morgan fingerprint density at radius 1 is 1.67 bits per heavy atom. The summed E-state index contributed by atoms with van der Waals surface area (Å²) in [6.07, 6.45) is 0. The number of ketones is 1. The number of nitrogens with one attached hydrogen (secondary N) is 1. The van der Waals surface area contributed by atoms with Crippen LogP contribution in [0.2, 0.25) is 0 Å². The average Bonchev–Trinajstić information content (AvgIpc) is 2.15. The van der Waals surface area contributed by atoms with Gasteiger partial charge < -0.3 is 10.1 Å². The third-order valence-corrected chi connectivity index (χ3v) is 1.33. The van der Waals surface area contributed by atoms with E-state index < -0.39 is 0 Å². The molecular formula is C6H9NO2. The number of hydrogen-bond donors (Lipinski definition) is 1. The predicted molar refractivity (Wildman–Crippen MR) is 32.7 cm³/mol. The van der Waals surface area contributed by atoms with Crippen LogP contribution in [0.4, 0.5) is 0 Å². The Bertz CT molecular complexity index is 172. The van der Waals surface area contributed by atoms with Gasteiger partial charge >= 0.3 is 0 Å². The van der Waals surface area contributed by atoms with Crippen molar-refractivity contribution in [1.29, 1.82) is 0 Å². The summed E-state index contributed by atoms with van der Waals surface area (Å²) in [7, 11) is 1.73. The van der Waals surface area contributed by atoms with E-state index in [1.807, 2.05) is 0 Å². The van der Waals surface area contributed by atoms with Crippen molar-refractivity contribution < 1.29 is 9.53 Å². The first-order valence-electron chi connectivity index (χ1n) is 2.80. The van der Waals surface area contributed by atoms with Gasteiger partial charge in [-0.1, -0.05) is 0 Å². The summed E-state index contributed by atoms with van der Waals surface area (Å²) in [6.45, 7) is 1.95. The minimum absolute atomic E-state index is 0.0688. The summed E-state index contributed by atoms with van der Waals surface area (Å²) in [5.74, 6) is 0.680. The topological polar surface area (TPSA) is 38.3 Å². The molecule has 0 spiro atoms. The molecule has 3 nitrogen and oxygen atoms in total. The lowest BCUT2D eigenvalue weighted by molar-refractivity contribution is -0.116. The Kier molecular flexibility index (Phi) is 1.42. The summed E-state index contributed by atoms with van der Waals surface area (Å²) >= 11 is 0. The van der Waals surface area contributed by atoms with Gasteiger partial charge in [0, 0.05) is 7.05 Å². The molecule has 0 saturated heterocycles. The zero-order valence-electron chi connectivity index (χ0n) is 5.52.